The van der Waals surface area contributed by atoms with Crippen LogP contribution in [0.15, 0.2) is 72.8 Å². The molecule has 5 nitrogen and oxygen atoms in total. The lowest BCUT2D eigenvalue weighted by Gasteiger charge is -2.13. The summed E-state index contributed by atoms with van der Waals surface area (Å²) < 4.78 is 13.0. The first-order valence-corrected chi connectivity index (χ1v) is 8.53. The highest BCUT2D eigenvalue weighted by atomic mass is 19.1. The molecule has 2 N–H and O–H groups in total. The quantitative estimate of drug-likeness (QED) is 0.642. The van der Waals surface area contributed by atoms with Crippen molar-refractivity contribution >= 4 is 29.0 Å². The van der Waals surface area contributed by atoms with E-state index in [0.29, 0.717) is 16.9 Å². The van der Waals surface area contributed by atoms with Crippen molar-refractivity contribution in [2.24, 2.45) is 0 Å². The molecule has 140 valence electrons. The maximum atomic E-state index is 13.0. The third-order valence-corrected chi connectivity index (χ3v) is 4.07. The summed E-state index contributed by atoms with van der Waals surface area (Å²) in [5.74, 6) is -1.59. The molecule has 6 heteroatoms. The minimum absolute atomic E-state index is 0.226. The summed E-state index contributed by atoms with van der Waals surface area (Å²) in [6, 6.07) is 18.3. The topological polar surface area (TPSA) is 75.3 Å². The van der Waals surface area contributed by atoms with Crippen molar-refractivity contribution in [2.45, 2.75) is 6.92 Å². The Kier molecular flexibility index (Phi) is 5.60. The van der Waals surface area contributed by atoms with Gasteiger partial charge in [-0.05, 0) is 49.4 Å². The van der Waals surface area contributed by atoms with Crippen LogP contribution in [0.1, 0.15) is 38.0 Å². The van der Waals surface area contributed by atoms with Gasteiger partial charge in [0.2, 0.25) is 0 Å². The number of Topliss-reactive ketones (excluding diaryl/α,β-unsaturated/α-hetero) is 1. The number of halogens is 1. The van der Waals surface area contributed by atoms with Gasteiger partial charge >= 0.3 is 0 Å². The van der Waals surface area contributed by atoms with E-state index in [1.165, 1.54) is 31.2 Å². The van der Waals surface area contributed by atoms with Gasteiger partial charge in [0.05, 0.1) is 16.8 Å². The lowest BCUT2D eigenvalue weighted by molar-refractivity contribution is 0.0984. The molecule has 0 bridgehead atoms. The van der Waals surface area contributed by atoms with Gasteiger partial charge in [-0.2, -0.15) is 0 Å². The molecule has 0 aliphatic rings. The molecule has 3 aromatic carbocycles. The molecular formula is C22H17FN2O3. The highest BCUT2D eigenvalue weighted by Gasteiger charge is 2.17. The minimum Gasteiger partial charge on any atom is -0.322 e. The van der Waals surface area contributed by atoms with E-state index in [4.69, 9.17) is 0 Å². The van der Waals surface area contributed by atoms with Gasteiger partial charge in [0.15, 0.2) is 5.78 Å². The zero-order valence-corrected chi connectivity index (χ0v) is 15.0. The Labute approximate surface area is 161 Å². The first-order valence-electron chi connectivity index (χ1n) is 8.53. The molecule has 2 amide bonds. The number of para-hydroxylation sites is 1. The molecule has 3 rings (SSSR count). The molecule has 0 saturated carbocycles. The predicted molar refractivity (Wildman–Crippen MR) is 105 cm³/mol. The molecular weight excluding hydrogens is 359 g/mol. The Morgan fingerprint density at radius 1 is 0.679 bits per heavy atom. The molecule has 0 radical (unpaired) electrons. The SMILES string of the molecule is CC(=O)c1ccccc1C(=O)Nc1ccccc1C(=O)Nc1ccc(F)cc1. The van der Waals surface area contributed by atoms with E-state index in [1.54, 1.807) is 48.5 Å². The second-order valence-electron chi connectivity index (χ2n) is 6.06. The summed E-state index contributed by atoms with van der Waals surface area (Å²) in [5.41, 5.74) is 1.48. The summed E-state index contributed by atoms with van der Waals surface area (Å²) >= 11 is 0. The molecule has 0 heterocycles. The van der Waals surface area contributed by atoms with Gasteiger partial charge in [0.1, 0.15) is 5.82 Å². The van der Waals surface area contributed by atoms with E-state index in [-0.39, 0.29) is 16.9 Å². The summed E-state index contributed by atoms with van der Waals surface area (Å²) in [4.78, 5) is 37.0. The molecule has 0 unspecified atom stereocenters. The molecule has 28 heavy (non-hydrogen) atoms. The third kappa shape index (κ3) is 4.29. The maximum absolute atomic E-state index is 13.0. The molecule has 0 aliphatic carbocycles. The van der Waals surface area contributed by atoms with E-state index >= 15 is 0 Å². The molecule has 0 fully saturated rings. The molecule has 3 aromatic rings. The molecule has 0 aromatic heterocycles. The largest absolute Gasteiger partial charge is 0.322 e. The fraction of sp³-hybridized carbons (Fsp3) is 0.0455. The lowest BCUT2D eigenvalue weighted by atomic mass is 10.0. The highest BCUT2D eigenvalue weighted by molar-refractivity contribution is 6.15. The Morgan fingerprint density at radius 3 is 1.86 bits per heavy atom. The van der Waals surface area contributed by atoms with Crippen LogP contribution in [0.2, 0.25) is 0 Å². The van der Waals surface area contributed by atoms with E-state index < -0.39 is 17.6 Å². The van der Waals surface area contributed by atoms with Gasteiger partial charge < -0.3 is 10.6 Å². The van der Waals surface area contributed by atoms with Crippen LogP contribution in [0.5, 0.6) is 0 Å². The van der Waals surface area contributed by atoms with Crippen LogP contribution < -0.4 is 10.6 Å². The van der Waals surface area contributed by atoms with E-state index in [0.717, 1.165) is 0 Å². The Morgan fingerprint density at radius 2 is 1.21 bits per heavy atom. The number of benzene rings is 3. The summed E-state index contributed by atoms with van der Waals surface area (Å²) in [5, 5.41) is 5.34. The summed E-state index contributed by atoms with van der Waals surface area (Å²) in [6.45, 7) is 1.39. The van der Waals surface area contributed by atoms with Crippen LogP contribution in [0.3, 0.4) is 0 Å². The number of nitrogens with one attached hydrogen (secondary N) is 2. The van der Waals surface area contributed by atoms with E-state index in [2.05, 4.69) is 10.6 Å². The fourth-order valence-corrected chi connectivity index (χ4v) is 2.70. The minimum atomic E-state index is -0.493. The Bertz CT molecular complexity index is 1050. The van der Waals surface area contributed by atoms with Crippen LogP contribution >= 0.6 is 0 Å². The average molecular weight is 376 g/mol. The van der Waals surface area contributed by atoms with Crippen LogP contribution in [0, 0.1) is 5.82 Å². The number of ketones is 1. The molecule has 0 saturated heterocycles. The number of carbonyl (C=O) groups excluding carboxylic acids is 3. The van der Waals surface area contributed by atoms with Crippen LogP contribution in [0.4, 0.5) is 15.8 Å². The first-order chi connectivity index (χ1) is 13.5. The third-order valence-electron chi connectivity index (χ3n) is 4.07. The lowest BCUT2D eigenvalue weighted by Crippen LogP contribution is -2.19. The molecule has 0 atom stereocenters. The first kappa shape index (κ1) is 19.0. The monoisotopic (exact) mass is 376 g/mol. The molecule has 0 aliphatic heterocycles. The number of hydrogen-bond acceptors (Lipinski definition) is 3. The zero-order valence-electron chi connectivity index (χ0n) is 15.0. The van der Waals surface area contributed by atoms with Crippen molar-refractivity contribution in [3.05, 3.63) is 95.3 Å². The Balaban J connectivity index is 1.84. The van der Waals surface area contributed by atoms with Crippen molar-refractivity contribution in [1.82, 2.24) is 0 Å². The van der Waals surface area contributed by atoms with Gasteiger partial charge in [-0.3, -0.25) is 14.4 Å². The predicted octanol–water partition coefficient (Wildman–Crippen LogP) is 4.53. The zero-order chi connectivity index (χ0) is 20.1. The van der Waals surface area contributed by atoms with Gasteiger partial charge in [-0.25, -0.2) is 4.39 Å². The van der Waals surface area contributed by atoms with Gasteiger partial charge in [0.25, 0.3) is 11.8 Å². The van der Waals surface area contributed by atoms with Crippen molar-refractivity contribution < 1.29 is 18.8 Å². The fourth-order valence-electron chi connectivity index (χ4n) is 2.70. The second-order valence-corrected chi connectivity index (χ2v) is 6.06. The van der Waals surface area contributed by atoms with Gasteiger partial charge in [-0.15, -0.1) is 0 Å². The van der Waals surface area contributed by atoms with Gasteiger partial charge in [-0.1, -0.05) is 30.3 Å². The van der Waals surface area contributed by atoms with E-state index in [9.17, 15) is 18.8 Å². The van der Waals surface area contributed by atoms with Crippen LogP contribution in [-0.4, -0.2) is 17.6 Å². The van der Waals surface area contributed by atoms with Crippen molar-refractivity contribution in [2.75, 3.05) is 10.6 Å². The smallest absolute Gasteiger partial charge is 0.257 e. The number of anilines is 2. The normalized spacial score (nSPS) is 10.2. The standard InChI is InChI=1S/C22H17FN2O3/c1-14(26)17-6-2-3-7-18(17)21(27)25-20-9-5-4-8-19(20)22(28)24-16-12-10-15(23)11-13-16/h2-13H,1H3,(H,24,28)(H,25,27). The summed E-state index contributed by atoms with van der Waals surface area (Å²) in [6.07, 6.45) is 0. The number of amides is 2. The van der Waals surface area contributed by atoms with E-state index in [1.807, 2.05) is 0 Å². The van der Waals surface area contributed by atoms with Crippen molar-refractivity contribution in [1.29, 1.82) is 0 Å². The Hall–Kier alpha value is -3.80. The molecule has 0 spiro atoms. The highest BCUT2D eigenvalue weighted by Crippen LogP contribution is 2.20. The maximum Gasteiger partial charge on any atom is 0.257 e. The van der Waals surface area contributed by atoms with Crippen LogP contribution in [0.25, 0.3) is 0 Å². The van der Waals surface area contributed by atoms with Gasteiger partial charge in [0, 0.05) is 11.3 Å². The van der Waals surface area contributed by atoms with Crippen molar-refractivity contribution in [3.63, 3.8) is 0 Å². The second kappa shape index (κ2) is 8.26. The number of rotatable bonds is 5. The average Bonchev–Trinajstić information content (AvgIpc) is 2.70. The number of hydrogen-bond donors (Lipinski definition) is 2. The van der Waals surface area contributed by atoms with Crippen LogP contribution in [-0.2, 0) is 0 Å². The van der Waals surface area contributed by atoms with Crippen molar-refractivity contribution in [3.8, 4) is 0 Å². The number of carbonyl (C=O) groups is 3. The summed E-state index contributed by atoms with van der Waals surface area (Å²) in [7, 11) is 0.